The van der Waals surface area contributed by atoms with Gasteiger partial charge in [0.1, 0.15) is 5.75 Å². The zero-order valence-electron chi connectivity index (χ0n) is 9.92. The molecule has 1 aromatic carbocycles. The van der Waals surface area contributed by atoms with E-state index in [0.29, 0.717) is 11.8 Å². The van der Waals surface area contributed by atoms with Crippen LogP contribution in [0.2, 0.25) is 0 Å². The van der Waals surface area contributed by atoms with E-state index in [1.165, 1.54) is 23.5 Å². The Labute approximate surface area is 101 Å². The molecular weight excluding hydrogens is 218 g/mol. The van der Waals surface area contributed by atoms with Gasteiger partial charge in [0.05, 0.1) is 0 Å². The number of thioether (sulfide) groups is 1. The number of hydrogen-bond donors (Lipinski definition) is 2. The average Bonchev–Trinajstić information content (AvgIpc) is 2.75. The van der Waals surface area contributed by atoms with Crippen molar-refractivity contribution in [1.82, 2.24) is 5.32 Å². The molecule has 1 fully saturated rings. The number of nitrogens with one attached hydrogen (secondary N) is 1. The first-order valence-electron chi connectivity index (χ1n) is 5.77. The third kappa shape index (κ3) is 2.71. The van der Waals surface area contributed by atoms with E-state index in [9.17, 15) is 5.11 Å². The number of rotatable bonds is 3. The van der Waals surface area contributed by atoms with Gasteiger partial charge in [-0.05, 0) is 42.7 Å². The van der Waals surface area contributed by atoms with Gasteiger partial charge in [0.2, 0.25) is 0 Å². The maximum Gasteiger partial charge on any atom is 0.121 e. The van der Waals surface area contributed by atoms with Crippen molar-refractivity contribution in [2.45, 2.75) is 32.9 Å². The summed E-state index contributed by atoms with van der Waals surface area (Å²) >= 11 is 2.02. The van der Waals surface area contributed by atoms with Gasteiger partial charge in [-0.2, -0.15) is 11.8 Å². The van der Waals surface area contributed by atoms with Crippen molar-refractivity contribution >= 4 is 11.8 Å². The second kappa shape index (κ2) is 5.11. The molecule has 0 amide bonds. The quantitative estimate of drug-likeness (QED) is 0.847. The Morgan fingerprint density at radius 2 is 2.06 bits per heavy atom. The molecular formula is C13H19NOS. The summed E-state index contributed by atoms with van der Waals surface area (Å²) in [5.74, 6) is 2.95. The zero-order valence-corrected chi connectivity index (χ0v) is 10.7. The molecule has 1 unspecified atom stereocenters. The normalized spacial score (nSPS) is 20.2. The van der Waals surface area contributed by atoms with Gasteiger partial charge >= 0.3 is 0 Å². The van der Waals surface area contributed by atoms with Gasteiger partial charge in [-0.3, -0.25) is 0 Å². The molecule has 16 heavy (non-hydrogen) atoms. The summed E-state index contributed by atoms with van der Waals surface area (Å²) in [5.41, 5.74) is 3.21. The van der Waals surface area contributed by atoms with Crippen molar-refractivity contribution in [2.75, 3.05) is 11.5 Å². The van der Waals surface area contributed by atoms with E-state index in [1.54, 1.807) is 0 Å². The lowest BCUT2D eigenvalue weighted by Gasteiger charge is -2.13. The van der Waals surface area contributed by atoms with Crippen LogP contribution in [0.25, 0.3) is 0 Å². The van der Waals surface area contributed by atoms with Crippen LogP contribution in [0.15, 0.2) is 12.1 Å². The molecule has 0 aliphatic carbocycles. The van der Waals surface area contributed by atoms with Gasteiger partial charge in [0, 0.05) is 18.3 Å². The lowest BCUT2D eigenvalue weighted by atomic mass is 10.1. The molecule has 3 heteroatoms. The molecule has 0 spiro atoms. The predicted molar refractivity (Wildman–Crippen MR) is 70.2 cm³/mol. The Bertz CT molecular complexity index is 349. The summed E-state index contributed by atoms with van der Waals surface area (Å²) in [4.78, 5) is 0. The summed E-state index contributed by atoms with van der Waals surface area (Å²) in [6.45, 7) is 4.82. The van der Waals surface area contributed by atoms with Gasteiger partial charge in [0.15, 0.2) is 0 Å². The highest BCUT2D eigenvalue weighted by atomic mass is 32.2. The van der Waals surface area contributed by atoms with Gasteiger partial charge < -0.3 is 10.4 Å². The van der Waals surface area contributed by atoms with Crippen molar-refractivity contribution in [3.05, 3.63) is 28.8 Å². The summed E-state index contributed by atoms with van der Waals surface area (Å²) in [7, 11) is 0. The summed E-state index contributed by atoms with van der Waals surface area (Å²) in [5, 5.41) is 13.3. The largest absolute Gasteiger partial charge is 0.507 e. The van der Waals surface area contributed by atoms with Crippen LogP contribution in [0.1, 0.15) is 23.1 Å². The summed E-state index contributed by atoms with van der Waals surface area (Å²) in [6, 6.07) is 4.80. The summed E-state index contributed by atoms with van der Waals surface area (Å²) < 4.78 is 0. The van der Waals surface area contributed by atoms with E-state index in [2.05, 4.69) is 17.4 Å². The highest BCUT2D eigenvalue weighted by Gasteiger charge is 2.14. The van der Waals surface area contributed by atoms with Gasteiger partial charge in [-0.25, -0.2) is 0 Å². The Balaban J connectivity index is 1.98. The second-order valence-electron chi connectivity index (χ2n) is 4.52. The predicted octanol–water partition coefficient (Wildman–Crippen LogP) is 2.60. The van der Waals surface area contributed by atoms with Crippen molar-refractivity contribution in [3.63, 3.8) is 0 Å². The third-order valence-corrected chi connectivity index (χ3v) is 4.24. The van der Waals surface area contributed by atoms with E-state index in [-0.39, 0.29) is 0 Å². The fraction of sp³-hybridized carbons (Fsp3) is 0.538. The molecule has 0 saturated carbocycles. The third-order valence-electron chi connectivity index (χ3n) is 3.08. The first-order valence-corrected chi connectivity index (χ1v) is 6.92. The Morgan fingerprint density at radius 1 is 1.38 bits per heavy atom. The molecule has 2 rings (SSSR count). The lowest BCUT2D eigenvalue weighted by Crippen LogP contribution is -2.27. The minimum atomic E-state index is 0.431. The Kier molecular flexibility index (Phi) is 3.77. The average molecular weight is 237 g/mol. The molecule has 1 aromatic rings. The fourth-order valence-electron chi connectivity index (χ4n) is 2.11. The van der Waals surface area contributed by atoms with Crippen molar-refractivity contribution in [2.24, 2.45) is 0 Å². The molecule has 0 aromatic heterocycles. The van der Waals surface area contributed by atoms with Gasteiger partial charge in [-0.1, -0.05) is 12.1 Å². The highest BCUT2D eigenvalue weighted by Crippen LogP contribution is 2.23. The van der Waals surface area contributed by atoms with Crippen LogP contribution in [0.4, 0.5) is 0 Å². The molecule has 88 valence electrons. The molecule has 1 atom stereocenters. The minimum Gasteiger partial charge on any atom is -0.507 e. The first-order chi connectivity index (χ1) is 7.66. The zero-order chi connectivity index (χ0) is 11.5. The van der Waals surface area contributed by atoms with Crippen LogP contribution in [0.5, 0.6) is 5.75 Å². The van der Waals surface area contributed by atoms with Crippen molar-refractivity contribution in [1.29, 1.82) is 0 Å². The van der Waals surface area contributed by atoms with E-state index in [4.69, 9.17) is 0 Å². The first kappa shape index (κ1) is 11.8. The lowest BCUT2D eigenvalue weighted by molar-refractivity contribution is 0.466. The maximum atomic E-state index is 9.69. The van der Waals surface area contributed by atoms with Crippen molar-refractivity contribution in [3.8, 4) is 5.75 Å². The molecule has 1 saturated heterocycles. The maximum absolute atomic E-state index is 9.69. The van der Waals surface area contributed by atoms with Gasteiger partial charge in [-0.15, -0.1) is 0 Å². The molecule has 2 nitrogen and oxygen atoms in total. The van der Waals surface area contributed by atoms with E-state index >= 15 is 0 Å². The standard InChI is InChI=1S/C13H19NOS/c1-9-5-11(6-10(2)13(9)15)7-14-12-3-4-16-8-12/h5-6,12,14-15H,3-4,7-8H2,1-2H3. The Morgan fingerprint density at radius 3 is 2.62 bits per heavy atom. The molecule has 1 heterocycles. The number of aryl methyl sites for hydroxylation is 2. The molecule has 2 N–H and O–H groups in total. The number of phenolic OH excluding ortho intramolecular Hbond substituents is 1. The highest BCUT2D eigenvalue weighted by molar-refractivity contribution is 7.99. The summed E-state index contributed by atoms with van der Waals surface area (Å²) in [6.07, 6.45) is 1.28. The number of benzene rings is 1. The van der Waals surface area contributed by atoms with E-state index in [0.717, 1.165) is 17.7 Å². The fourth-order valence-corrected chi connectivity index (χ4v) is 3.29. The second-order valence-corrected chi connectivity index (χ2v) is 5.67. The van der Waals surface area contributed by atoms with E-state index < -0.39 is 0 Å². The van der Waals surface area contributed by atoms with E-state index in [1.807, 2.05) is 25.6 Å². The smallest absolute Gasteiger partial charge is 0.121 e. The van der Waals surface area contributed by atoms with Crippen LogP contribution >= 0.6 is 11.8 Å². The SMILES string of the molecule is Cc1cc(CNC2CCSC2)cc(C)c1O. The van der Waals surface area contributed by atoms with Crippen LogP contribution in [0.3, 0.4) is 0 Å². The van der Waals surface area contributed by atoms with Gasteiger partial charge in [0.25, 0.3) is 0 Å². The number of hydrogen-bond acceptors (Lipinski definition) is 3. The topological polar surface area (TPSA) is 32.3 Å². The number of phenols is 1. The number of aromatic hydroxyl groups is 1. The molecule has 0 radical (unpaired) electrons. The molecule has 1 aliphatic rings. The van der Waals surface area contributed by atoms with Crippen LogP contribution in [-0.4, -0.2) is 22.7 Å². The minimum absolute atomic E-state index is 0.431. The monoisotopic (exact) mass is 237 g/mol. The Hall–Kier alpha value is -0.670. The van der Waals surface area contributed by atoms with Crippen LogP contribution < -0.4 is 5.32 Å². The van der Waals surface area contributed by atoms with Crippen LogP contribution in [-0.2, 0) is 6.54 Å². The molecule has 0 bridgehead atoms. The van der Waals surface area contributed by atoms with Crippen LogP contribution in [0, 0.1) is 13.8 Å². The molecule has 1 aliphatic heterocycles. The van der Waals surface area contributed by atoms with Crippen molar-refractivity contribution < 1.29 is 5.11 Å².